The van der Waals surface area contributed by atoms with E-state index in [1.807, 2.05) is 44.2 Å². The lowest BCUT2D eigenvalue weighted by molar-refractivity contribution is 0.235. The zero-order valence-corrected chi connectivity index (χ0v) is 15.3. The van der Waals surface area contributed by atoms with Crippen molar-refractivity contribution < 1.29 is 13.2 Å². The van der Waals surface area contributed by atoms with Crippen LogP contribution in [-0.4, -0.2) is 20.7 Å². The molecule has 0 saturated carbocycles. The van der Waals surface area contributed by atoms with Crippen molar-refractivity contribution in [2.45, 2.75) is 25.9 Å². The molecule has 2 amide bonds. The number of benzene rings is 2. The van der Waals surface area contributed by atoms with E-state index in [-0.39, 0.29) is 18.1 Å². The first-order valence-corrected chi connectivity index (χ1v) is 9.83. The fourth-order valence-corrected chi connectivity index (χ4v) is 2.96. The minimum absolute atomic E-state index is 0.102. The summed E-state index contributed by atoms with van der Waals surface area (Å²) in [5.74, 6) is 0. The van der Waals surface area contributed by atoms with Crippen LogP contribution >= 0.6 is 0 Å². The summed E-state index contributed by atoms with van der Waals surface area (Å²) < 4.78 is 24.8. The van der Waals surface area contributed by atoms with Gasteiger partial charge < -0.3 is 10.6 Å². The number of carbonyl (C=O) groups excluding carboxylic acids is 1. The molecule has 0 saturated heterocycles. The quantitative estimate of drug-likeness (QED) is 0.738. The number of hydrogen-bond donors (Lipinski definition) is 3. The number of rotatable bonds is 6. The Bertz CT molecular complexity index is 805. The van der Waals surface area contributed by atoms with Crippen LogP contribution in [0.2, 0.25) is 0 Å². The molecule has 0 aliphatic heterocycles. The van der Waals surface area contributed by atoms with Crippen LogP contribution in [0.5, 0.6) is 0 Å². The van der Waals surface area contributed by atoms with Gasteiger partial charge in [-0.05, 0) is 37.1 Å². The largest absolute Gasteiger partial charge is 0.332 e. The van der Waals surface area contributed by atoms with Gasteiger partial charge in [0.2, 0.25) is 10.0 Å². The lowest BCUT2D eigenvalue weighted by Crippen LogP contribution is -2.38. The van der Waals surface area contributed by atoms with Gasteiger partial charge in [-0.25, -0.2) is 13.2 Å². The van der Waals surface area contributed by atoms with Crippen LogP contribution in [0.1, 0.15) is 37.1 Å². The predicted octanol–water partition coefficient (Wildman–Crippen LogP) is 3.18. The summed E-state index contributed by atoms with van der Waals surface area (Å²) in [5, 5.41) is 5.77. The summed E-state index contributed by atoms with van der Waals surface area (Å²) in [5.41, 5.74) is 2.39. The van der Waals surface area contributed by atoms with Crippen LogP contribution in [0, 0.1) is 0 Å². The molecular formula is C18H23N3O3S. The third-order valence-corrected chi connectivity index (χ3v) is 4.32. The number of amides is 2. The third-order valence-electron chi connectivity index (χ3n) is 3.71. The molecule has 0 aliphatic carbocycles. The first-order chi connectivity index (χ1) is 11.7. The molecule has 0 spiro atoms. The molecular weight excluding hydrogens is 338 g/mol. The van der Waals surface area contributed by atoms with Crippen molar-refractivity contribution in [2.75, 3.05) is 11.0 Å². The molecule has 0 radical (unpaired) electrons. The summed E-state index contributed by atoms with van der Waals surface area (Å²) in [6.07, 6.45) is 1.10. The van der Waals surface area contributed by atoms with Gasteiger partial charge in [0.1, 0.15) is 0 Å². The Kier molecular flexibility index (Phi) is 6.03. The van der Waals surface area contributed by atoms with Gasteiger partial charge in [0.05, 0.1) is 18.3 Å². The van der Waals surface area contributed by atoms with Gasteiger partial charge in [-0.1, -0.05) is 42.5 Å². The van der Waals surface area contributed by atoms with Crippen LogP contribution < -0.4 is 15.4 Å². The summed E-state index contributed by atoms with van der Waals surface area (Å²) in [4.78, 5) is 12.2. The SMILES string of the molecule is C[C@@H](NC(=O)N[C@H](C)c1ccc(NS(C)(=O)=O)cc1)c1ccccc1. The summed E-state index contributed by atoms with van der Waals surface area (Å²) in [6.45, 7) is 3.79. The van der Waals surface area contributed by atoms with Crippen LogP contribution in [0.15, 0.2) is 54.6 Å². The average molecular weight is 361 g/mol. The normalized spacial score (nSPS) is 13.6. The minimum Gasteiger partial charge on any atom is -0.332 e. The van der Waals surface area contributed by atoms with Crippen molar-refractivity contribution in [2.24, 2.45) is 0 Å². The molecule has 3 N–H and O–H groups in total. The number of carbonyl (C=O) groups is 1. The second-order valence-electron chi connectivity index (χ2n) is 5.97. The average Bonchev–Trinajstić information content (AvgIpc) is 2.54. The van der Waals surface area contributed by atoms with E-state index < -0.39 is 10.0 Å². The lowest BCUT2D eigenvalue weighted by Gasteiger charge is -2.19. The highest BCUT2D eigenvalue weighted by atomic mass is 32.2. The van der Waals surface area contributed by atoms with Gasteiger partial charge in [-0.3, -0.25) is 4.72 Å². The molecule has 0 aliphatic rings. The standard InChI is InChI=1S/C18H23N3O3S/c1-13(15-7-5-4-6-8-15)19-18(22)20-14(2)16-9-11-17(12-10-16)21-25(3,23)24/h4-14,21H,1-3H3,(H2,19,20,22)/t13-,14-/m1/s1. The van der Waals surface area contributed by atoms with E-state index in [0.29, 0.717) is 5.69 Å². The van der Waals surface area contributed by atoms with Crippen LogP contribution in [0.25, 0.3) is 0 Å². The van der Waals surface area contributed by atoms with Gasteiger partial charge in [-0.15, -0.1) is 0 Å². The molecule has 134 valence electrons. The number of hydrogen-bond acceptors (Lipinski definition) is 3. The number of sulfonamides is 1. The van der Waals surface area contributed by atoms with E-state index in [1.165, 1.54) is 0 Å². The van der Waals surface area contributed by atoms with Crippen molar-refractivity contribution in [3.8, 4) is 0 Å². The fraction of sp³-hybridized carbons (Fsp3) is 0.278. The van der Waals surface area contributed by atoms with Gasteiger partial charge in [-0.2, -0.15) is 0 Å². The molecule has 2 aromatic rings. The van der Waals surface area contributed by atoms with Crippen molar-refractivity contribution in [1.29, 1.82) is 0 Å². The monoisotopic (exact) mass is 361 g/mol. The molecule has 6 nitrogen and oxygen atoms in total. The first-order valence-electron chi connectivity index (χ1n) is 7.94. The second-order valence-corrected chi connectivity index (χ2v) is 7.72. The molecule has 7 heteroatoms. The molecule has 0 fully saturated rings. The maximum atomic E-state index is 12.2. The highest BCUT2D eigenvalue weighted by Crippen LogP contribution is 2.17. The lowest BCUT2D eigenvalue weighted by atomic mass is 10.1. The molecule has 2 aromatic carbocycles. The van der Waals surface area contributed by atoms with E-state index in [0.717, 1.165) is 17.4 Å². The molecule has 25 heavy (non-hydrogen) atoms. The summed E-state index contributed by atoms with van der Waals surface area (Å²) in [6, 6.07) is 16.0. The predicted molar refractivity (Wildman–Crippen MR) is 99.8 cm³/mol. The molecule has 2 atom stereocenters. The Hall–Kier alpha value is -2.54. The molecule has 0 unspecified atom stereocenters. The fourth-order valence-electron chi connectivity index (χ4n) is 2.40. The smallest absolute Gasteiger partial charge is 0.315 e. The topological polar surface area (TPSA) is 87.3 Å². The first kappa shape index (κ1) is 18.8. The Morgan fingerprint density at radius 2 is 1.32 bits per heavy atom. The highest BCUT2D eigenvalue weighted by Gasteiger charge is 2.13. The Labute approximate surface area is 148 Å². The zero-order chi connectivity index (χ0) is 18.4. The van der Waals surface area contributed by atoms with Crippen LogP contribution in [-0.2, 0) is 10.0 Å². The molecule has 0 bridgehead atoms. The summed E-state index contributed by atoms with van der Waals surface area (Å²) >= 11 is 0. The molecule has 0 aromatic heterocycles. The maximum absolute atomic E-state index is 12.2. The Morgan fingerprint density at radius 1 is 0.840 bits per heavy atom. The van der Waals surface area contributed by atoms with Crippen molar-refractivity contribution >= 4 is 21.7 Å². The van der Waals surface area contributed by atoms with E-state index >= 15 is 0 Å². The van der Waals surface area contributed by atoms with Gasteiger partial charge >= 0.3 is 6.03 Å². The van der Waals surface area contributed by atoms with Gasteiger partial charge in [0, 0.05) is 5.69 Å². The van der Waals surface area contributed by atoms with E-state index in [4.69, 9.17) is 0 Å². The van der Waals surface area contributed by atoms with Gasteiger partial charge in [0.15, 0.2) is 0 Å². The maximum Gasteiger partial charge on any atom is 0.315 e. The van der Waals surface area contributed by atoms with Gasteiger partial charge in [0.25, 0.3) is 0 Å². The Balaban J connectivity index is 1.92. The summed E-state index contributed by atoms with van der Waals surface area (Å²) in [7, 11) is -3.30. The van der Waals surface area contributed by atoms with Crippen molar-refractivity contribution in [3.05, 3.63) is 65.7 Å². The molecule has 2 rings (SSSR count). The number of nitrogens with one attached hydrogen (secondary N) is 3. The van der Waals surface area contributed by atoms with Crippen LogP contribution in [0.3, 0.4) is 0 Å². The number of urea groups is 1. The Morgan fingerprint density at radius 3 is 1.80 bits per heavy atom. The van der Waals surface area contributed by atoms with E-state index in [9.17, 15) is 13.2 Å². The number of anilines is 1. The highest BCUT2D eigenvalue weighted by molar-refractivity contribution is 7.92. The van der Waals surface area contributed by atoms with E-state index in [2.05, 4.69) is 15.4 Å². The molecule has 0 heterocycles. The minimum atomic E-state index is -3.30. The van der Waals surface area contributed by atoms with E-state index in [1.54, 1.807) is 24.3 Å². The van der Waals surface area contributed by atoms with Crippen molar-refractivity contribution in [1.82, 2.24) is 10.6 Å². The zero-order valence-electron chi connectivity index (χ0n) is 14.5. The van der Waals surface area contributed by atoms with Crippen molar-refractivity contribution in [3.63, 3.8) is 0 Å². The van der Waals surface area contributed by atoms with Crippen LogP contribution in [0.4, 0.5) is 10.5 Å². The third kappa shape index (κ3) is 6.11. The second kappa shape index (κ2) is 8.02.